The lowest BCUT2D eigenvalue weighted by Gasteiger charge is -2.10. The molecule has 0 radical (unpaired) electrons. The van der Waals surface area contributed by atoms with Gasteiger partial charge in [0.2, 0.25) is 0 Å². The van der Waals surface area contributed by atoms with Crippen molar-refractivity contribution in [1.29, 1.82) is 0 Å². The van der Waals surface area contributed by atoms with Crippen LogP contribution in [0.15, 0.2) is 42.7 Å². The van der Waals surface area contributed by atoms with E-state index in [1.165, 1.54) is 0 Å². The van der Waals surface area contributed by atoms with Crippen LogP contribution in [0.5, 0.6) is 0 Å². The fourth-order valence-electron chi connectivity index (χ4n) is 2.32. The van der Waals surface area contributed by atoms with E-state index in [0.29, 0.717) is 18.1 Å². The maximum atomic E-state index is 9.92. The highest BCUT2D eigenvalue weighted by Gasteiger charge is 2.15. The van der Waals surface area contributed by atoms with Crippen molar-refractivity contribution in [2.75, 3.05) is 5.73 Å². The molecule has 5 nitrogen and oxygen atoms in total. The van der Waals surface area contributed by atoms with Gasteiger partial charge in [-0.05, 0) is 36.8 Å². The van der Waals surface area contributed by atoms with Crippen LogP contribution in [0.25, 0.3) is 11.0 Å². The third kappa shape index (κ3) is 2.23. The zero-order valence-electron chi connectivity index (χ0n) is 11.2. The molecule has 0 aliphatic rings. The van der Waals surface area contributed by atoms with Gasteiger partial charge in [0, 0.05) is 18.1 Å². The summed E-state index contributed by atoms with van der Waals surface area (Å²) in [5, 5.41) is 9.92. The average molecular weight is 268 g/mol. The number of hydrogen-bond donors (Lipinski definition) is 2. The van der Waals surface area contributed by atoms with E-state index in [0.717, 1.165) is 16.6 Å². The molecule has 0 fully saturated rings. The Labute approximate surface area is 116 Å². The number of anilines is 1. The molecule has 0 aliphatic carbocycles. The minimum atomic E-state index is -0.639. The number of nitrogens with two attached hydrogens (primary N) is 1. The van der Waals surface area contributed by atoms with Crippen LogP contribution in [0.3, 0.4) is 0 Å². The lowest BCUT2D eigenvalue weighted by molar-refractivity contribution is 0.185. The van der Waals surface area contributed by atoms with Gasteiger partial charge >= 0.3 is 0 Å². The van der Waals surface area contributed by atoms with Gasteiger partial charge in [0.25, 0.3) is 0 Å². The second-order valence-electron chi connectivity index (χ2n) is 4.84. The molecule has 3 rings (SSSR count). The first-order valence-corrected chi connectivity index (χ1v) is 6.48. The Morgan fingerprint density at radius 2 is 2.20 bits per heavy atom. The highest BCUT2D eigenvalue weighted by molar-refractivity contribution is 5.79. The Kier molecular flexibility index (Phi) is 3.12. The lowest BCUT2D eigenvalue weighted by Crippen LogP contribution is -2.08. The normalized spacial score (nSPS) is 12.7. The number of aliphatic hydroxyl groups excluding tert-OH is 1. The molecular weight excluding hydrogens is 252 g/mol. The van der Waals surface area contributed by atoms with Crippen LogP contribution < -0.4 is 5.73 Å². The van der Waals surface area contributed by atoms with Crippen molar-refractivity contribution in [1.82, 2.24) is 14.5 Å². The Hall–Kier alpha value is -2.40. The summed E-state index contributed by atoms with van der Waals surface area (Å²) in [7, 11) is 0. The standard InChI is InChI=1S/C15H16N4O/c1-10(20)15-18-13-7-12(16)4-5-14(13)19(15)9-11-3-2-6-17-8-11/h2-8,10,20H,9,16H2,1H3. The van der Waals surface area contributed by atoms with E-state index in [1.54, 1.807) is 13.1 Å². The van der Waals surface area contributed by atoms with Crippen LogP contribution >= 0.6 is 0 Å². The Bertz CT molecular complexity index is 734. The molecule has 20 heavy (non-hydrogen) atoms. The van der Waals surface area contributed by atoms with Gasteiger partial charge in [-0.3, -0.25) is 4.98 Å². The van der Waals surface area contributed by atoms with Crippen LogP contribution in [-0.4, -0.2) is 19.6 Å². The summed E-state index contributed by atoms with van der Waals surface area (Å²) in [4.78, 5) is 8.60. The van der Waals surface area contributed by atoms with Crippen molar-refractivity contribution in [2.24, 2.45) is 0 Å². The van der Waals surface area contributed by atoms with Gasteiger partial charge < -0.3 is 15.4 Å². The number of nitrogen functional groups attached to an aromatic ring is 1. The van der Waals surface area contributed by atoms with Crippen LogP contribution in [0.2, 0.25) is 0 Å². The van der Waals surface area contributed by atoms with Crippen LogP contribution in [0, 0.1) is 0 Å². The van der Waals surface area contributed by atoms with Crippen LogP contribution in [-0.2, 0) is 6.54 Å². The second-order valence-corrected chi connectivity index (χ2v) is 4.84. The molecule has 0 amide bonds. The lowest BCUT2D eigenvalue weighted by atomic mass is 10.2. The number of hydrogen-bond acceptors (Lipinski definition) is 4. The number of pyridine rings is 1. The minimum absolute atomic E-state index is 0.620. The van der Waals surface area contributed by atoms with Gasteiger partial charge in [-0.25, -0.2) is 4.98 Å². The second kappa shape index (κ2) is 4.94. The van der Waals surface area contributed by atoms with E-state index >= 15 is 0 Å². The molecule has 1 aromatic carbocycles. The fourth-order valence-corrected chi connectivity index (χ4v) is 2.32. The van der Waals surface area contributed by atoms with E-state index in [4.69, 9.17) is 5.73 Å². The molecule has 1 unspecified atom stereocenters. The summed E-state index contributed by atoms with van der Waals surface area (Å²) < 4.78 is 2.00. The molecule has 0 aliphatic heterocycles. The van der Waals surface area contributed by atoms with Gasteiger partial charge in [-0.15, -0.1) is 0 Å². The number of benzene rings is 1. The number of fused-ring (bicyclic) bond motifs is 1. The minimum Gasteiger partial charge on any atom is -0.399 e. The smallest absolute Gasteiger partial charge is 0.138 e. The van der Waals surface area contributed by atoms with Crippen molar-refractivity contribution >= 4 is 16.7 Å². The van der Waals surface area contributed by atoms with Crippen molar-refractivity contribution in [3.05, 3.63) is 54.1 Å². The number of rotatable bonds is 3. The summed E-state index contributed by atoms with van der Waals surface area (Å²) >= 11 is 0. The number of aliphatic hydroxyl groups is 1. The van der Waals surface area contributed by atoms with Gasteiger partial charge in [-0.2, -0.15) is 0 Å². The fraction of sp³-hybridized carbons (Fsp3) is 0.200. The molecule has 5 heteroatoms. The van der Waals surface area contributed by atoms with Crippen LogP contribution in [0.4, 0.5) is 5.69 Å². The quantitative estimate of drug-likeness (QED) is 0.713. The monoisotopic (exact) mass is 268 g/mol. The van der Waals surface area contributed by atoms with Gasteiger partial charge in [0.05, 0.1) is 17.6 Å². The molecule has 2 aromatic heterocycles. The Morgan fingerprint density at radius 3 is 2.90 bits per heavy atom. The zero-order chi connectivity index (χ0) is 14.1. The summed E-state index contributed by atoms with van der Waals surface area (Å²) in [6.07, 6.45) is 2.92. The molecule has 0 saturated carbocycles. The first-order chi connectivity index (χ1) is 9.65. The largest absolute Gasteiger partial charge is 0.399 e. The number of aromatic nitrogens is 3. The molecule has 0 saturated heterocycles. The molecule has 102 valence electrons. The van der Waals surface area contributed by atoms with Gasteiger partial charge in [0.1, 0.15) is 11.9 Å². The maximum absolute atomic E-state index is 9.92. The van der Waals surface area contributed by atoms with E-state index in [-0.39, 0.29) is 0 Å². The number of imidazole rings is 1. The zero-order valence-corrected chi connectivity index (χ0v) is 11.2. The van der Waals surface area contributed by atoms with Crippen molar-refractivity contribution < 1.29 is 5.11 Å². The average Bonchev–Trinajstić information content (AvgIpc) is 2.78. The first-order valence-electron chi connectivity index (χ1n) is 6.48. The number of nitrogens with zero attached hydrogens (tertiary/aromatic N) is 3. The Balaban J connectivity index is 2.14. The first kappa shape index (κ1) is 12.6. The highest BCUT2D eigenvalue weighted by atomic mass is 16.3. The molecule has 3 aromatic rings. The molecule has 0 bridgehead atoms. The molecular formula is C15H16N4O. The third-order valence-electron chi connectivity index (χ3n) is 3.24. The predicted octanol–water partition coefficient (Wildman–Crippen LogP) is 2.12. The summed E-state index contributed by atoms with van der Waals surface area (Å²) in [5.41, 5.74) is 9.27. The Morgan fingerprint density at radius 1 is 1.35 bits per heavy atom. The van der Waals surface area contributed by atoms with Crippen LogP contribution in [0.1, 0.15) is 24.4 Å². The van der Waals surface area contributed by atoms with Crippen molar-refractivity contribution in [3.63, 3.8) is 0 Å². The summed E-state index contributed by atoms with van der Waals surface area (Å²) in [6.45, 7) is 2.33. The van der Waals surface area contributed by atoms with Crippen molar-refractivity contribution in [3.8, 4) is 0 Å². The highest BCUT2D eigenvalue weighted by Crippen LogP contribution is 2.23. The van der Waals surface area contributed by atoms with E-state index < -0.39 is 6.10 Å². The van der Waals surface area contributed by atoms with E-state index in [9.17, 15) is 5.11 Å². The topological polar surface area (TPSA) is 77.0 Å². The molecule has 3 N–H and O–H groups in total. The third-order valence-corrected chi connectivity index (χ3v) is 3.24. The van der Waals surface area contributed by atoms with E-state index in [2.05, 4.69) is 9.97 Å². The van der Waals surface area contributed by atoms with E-state index in [1.807, 2.05) is 41.1 Å². The molecule has 2 heterocycles. The molecule has 1 atom stereocenters. The molecule has 0 spiro atoms. The summed E-state index contributed by atoms with van der Waals surface area (Å²) in [6, 6.07) is 9.49. The summed E-state index contributed by atoms with van der Waals surface area (Å²) in [5.74, 6) is 0.634. The van der Waals surface area contributed by atoms with Crippen molar-refractivity contribution in [2.45, 2.75) is 19.6 Å². The SMILES string of the molecule is CC(O)c1nc2cc(N)ccc2n1Cc1cccnc1. The predicted molar refractivity (Wildman–Crippen MR) is 78.1 cm³/mol. The van der Waals surface area contributed by atoms with Gasteiger partial charge in [-0.1, -0.05) is 6.07 Å². The maximum Gasteiger partial charge on any atom is 0.138 e. The van der Waals surface area contributed by atoms with Gasteiger partial charge in [0.15, 0.2) is 0 Å².